The van der Waals surface area contributed by atoms with Crippen molar-refractivity contribution < 1.29 is 4.79 Å². The molecule has 170 valence electrons. The van der Waals surface area contributed by atoms with E-state index in [2.05, 4.69) is 60.5 Å². The first kappa shape index (κ1) is 21.8. The Labute approximate surface area is 199 Å². The van der Waals surface area contributed by atoms with E-state index in [4.69, 9.17) is 10.1 Å². The molecule has 1 atom stereocenters. The number of benzene rings is 2. The van der Waals surface area contributed by atoms with Gasteiger partial charge in [-0.15, -0.1) is 5.10 Å². The Bertz CT molecular complexity index is 1170. The van der Waals surface area contributed by atoms with Crippen molar-refractivity contribution in [3.05, 3.63) is 77.0 Å². The molecule has 0 unspecified atom stereocenters. The van der Waals surface area contributed by atoms with Crippen molar-refractivity contribution in [3.63, 3.8) is 0 Å². The van der Waals surface area contributed by atoms with E-state index in [9.17, 15) is 4.79 Å². The van der Waals surface area contributed by atoms with Crippen molar-refractivity contribution in [2.45, 2.75) is 50.1 Å². The number of hydrogen-bond donors (Lipinski definition) is 1. The summed E-state index contributed by atoms with van der Waals surface area (Å²) in [7, 11) is 0. The topological polar surface area (TPSA) is 63.1 Å². The number of fused-ring (bicyclic) bond motifs is 1. The molecule has 1 N–H and O–H groups in total. The number of thioether (sulfide) groups is 1. The molecule has 1 aliphatic carbocycles. The van der Waals surface area contributed by atoms with Crippen LogP contribution in [-0.4, -0.2) is 33.6 Å². The van der Waals surface area contributed by atoms with Gasteiger partial charge in [-0.1, -0.05) is 54.2 Å². The van der Waals surface area contributed by atoms with Gasteiger partial charge < -0.3 is 10.2 Å². The lowest BCUT2D eigenvalue weighted by Crippen LogP contribution is -2.31. The van der Waals surface area contributed by atoms with Crippen molar-refractivity contribution in [1.82, 2.24) is 14.8 Å². The molecular formula is C26H29N5OS. The van der Waals surface area contributed by atoms with Gasteiger partial charge in [0.15, 0.2) is 5.78 Å². The molecule has 5 rings (SSSR count). The highest BCUT2D eigenvalue weighted by molar-refractivity contribution is 7.98. The molecule has 0 fully saturated rings. The third-order valence-electron chi connectivity index (χ3n) is 6.40. The number of ketones is 1. The van der Waals surface area contributed by atoms with Gasteiger partial charge in [-0.25, -0.2) is 4.68 Å². The van der Waals surface area contributed by atoms with Crippen molar-refractivity contribution in [3.8, 4) is 0 Å². The summed E-state index contributed by atoms with van der Waals surface area (Å²) in [5.74, 6) is 1.73. The second-order valence-corrected chi connectivity index (χ2v) is 9.34. The molecule has 2 aliphatic rings. The molecule has 0 bridgehead atoms. The summed E-state index contributed by atoms with van der Waals surface area (Å²) in [6, 6.07) is 18.7. The summed E-state index contributed by atoms with van der Waals surface area (Å²) in [4.78, 5) is 20.1. The van der Waals surface area contributed by atoms with Crippen LogP contribution in [0.1, 0.15) is 50.3 Å². The highest BCUT2D eigenvalue weighted by Gasteiger charge is 2.36. The van der Waals surface area contributed by atoms with Gasteiger partial charge in [0, 0.05) is 42.2 Å². The average molecular weight is 460 g/mol. The van der Waals surface area contributed by atoms with Crippen LogP contribution >= 0.6 is 11.8 Å². The average Bonchev–Trinajstić information content (AvgIpc) is 3.26. The zero-order chi connectivity index (χ0) is 22.8. The number of allylic oxidation sites excluding steroid dienone is 2. The Hall–Kier alpha value is -3.06. The maximum absolute atomic E-state index is 13.0. The summed E-state index contributed by atoms with van der Waals surface area (Å²) in [5, 5.41) is 8.99. The Morgan fingerprint density at radius 2 is 1.82 bits per heavy atom. The number of rotatable bonds is 7. The highest BCUT2D eigenvalue weighted by atomic mass is 32.2. The molecule has 2 heterocycles. The van der Waals surface area contributed by atoms with E-state index in [0.717, 1.165) is 59.6 Å². The van der Waals surface area contributed by atoms with Crippen molar-refractivity contribution in [1.29, 1.82) is 0 Å². The van der Waals surface area contributed by atoms with E-state index in [1.807, 2.05) is 22.9 Å². The Morgan fingerprint density at radius 1 is 1.06 bits per heavy atom. The number of anilines is 2. The van der Waals surface area contributed by atoms with Gasteiger partial charge in [0.2, 0.25) is 11.1 Å². The van der Waals surface area contributed by atoms with E-state index < -0.39 is 0 Å². The summed E-state index contributed by atoms with van der Waals surface area (Å²) >= 11 is 1.62. The summed E-state index contributed by atoms with van der Waals surface area (Å²) < 4.78 is 1.90. The number of hydrogen-bond acceptors (Lipinski definition) is 6. The van der Waals surface area contributed by atoms with Crippen LogP contribution in [0.4, 0.5) is 11.6 Å². The molecular weight excluding hydrogens is 430 g/mol. The normalized spacial score (nSPS) is 17.4. The molecule has 1 aliphatic heterocycles. The van der Waals surface area contributed by atoms with Crippen molar-refractivity contribution in [2.24, 2.45) is 0 Å². The minimum Gasteiger partial charge on any atom is -0.372 e. The van der Waals surface area contributed by atoms with Crippen LogP contribution < -0.4 is 10.2 Å². The Morgan fingerprint density at radius 3 is 2.55 bits per heavy atom. The van der Waals surface area contributed by atoms with Gasteiger partial charge in [-0.2, -0.15) is 4.98 Å². The zero-order valence-corrected chi connectivity index (χ0v) is 19.9. The Balaban J connectivity index is 1.49. The lowest BCUT2D eigenvalue weighted by atomic mass is 9.85. The largest absolute Gasteiger partial charge is 0.372 e. The second kappa shape index (κ2) is 9.43. The van der Waals surface area contributed by atoms with Gasteiger partial charge in [-0.05, 0) is 49.9 Å². The van der Waals surface area contributed by atoms with Crippen LogP contribution in [0.3, 0.4) is 0 Å². The standard InChI is InChI=1S/C26H29N5OS/c1-3-30(4-2)20-15-13-19(14-16-20)24-23-21(11-8-12-22(23)32)27-25-28-26(29-31(24)25)33-17-18-9-6-5-7-10-18/h5-7,9-10,13-16,24H,3-4,8,11-12,17H2,1-2H3,(H,27,28,29)/t24-/m1/s1. The molecule has 0 saturated heterocycles. The molecule has 0 spiro atoms. The van der Waals surface area contributed by atoms with Gasteiger partial charge in [0.25, 0.3) is 0 Å². The van der Waals surface area contributed by atoms with E-state index in [0.29, 0.717) is 6.42 Å². The van der Waals surface area contributed by atoms with Gasteiger partial charge >= 0.3 is 0 Å². The number of carbonyl (C=O) groups is 1. The van der Waals surface area contributed by atoms with Crippen LogP contribution in [0.2, 0.25) is 0 Å². The molecule has 0 amide bonds. The van der Waals surface area contributed by atoms with E-state index in [1.54, 1.807) is 11.8 Å². The van der Waals surface area contributed by atoms with E-state index >= 15 is 0 Å². The highest BCUT2D eigenvalue weighted by Crippen LogP contribution is 2.41. The van der Waals surface area contributed by atoms with Crippen LogP contribution in [-0.2, 0) is 10.5 Å². The van der Waals surface area contributed by atoms with Gasteiger partial charge in [0.1, 0.15) is 6.04 Å². The molecule has 33 heavy (non-hydrogen) atoms. The summed E-state index contributed by atoms with van der Waals surface area (Å²) in [6.45, 7) is 6.26. The van der Waals surface area contributed by atoms with E-state index in [-0.39, 0.29) is 11.8 Å². The minimum atomic E-state index is -0.242. The minimum absolute atomic E-state index is 0.209. The fourth-order valence-electron chi connectivity index (χ4n) is 4.68. The number of Topliss-reactive ketones (excluding diaryl/α,β-unsaturated/α-hetero) is 1. The Kier molecular flexibility index (Phi) is 6.22. The second-order valence-electron chi connectivity index (χ2n) is 8.40. The molecule has 1 aromatic heterocycles. The van der Waals surface area contributed by atoms with E-state index in [1.165, 1.54) is 11.3 Å². The van der Waals surface area contributed by atoms with Crippen molar-refractivity contribution in [2.75, 3.05) is 23.3 Å². The zero-order valence-electron chi connectivity index (χ0n) is 19.1. The van der Waals surface area contributed by atoms with Gasteiger partial charge in [0.05, 0.1) is 0 Å². The summed E-state index contributed by atoms with van der Waals surface area (Å²) in [5.41, 5.74) is 5.34. The number of aromatic nitrogens is 3. The predicted octanol–water partition coefficient (Wildman–Crippen LogP) is 5.44. The molecule has 0 radical (unpaired) electrons. The molecule has 7 heteroatoms. The first-order chi connectivity index (χ1) is 16.2. The predicted molar refractivity (Wildman–Crippen MR) is 134 cm³/mol. The molecule has 0 saturated carbocycles. The quantitative estimate of drug-likeness (QED) is 0.475. The third-order valence-corrected chi connectivity index (χ3v) is 7.31. The van der Waals surface area contributed by atoms with Crippen LogP contribution in [0.15, 0.2) is 71.0 Å². The first-order valence-electron chi connectivity index (χ1n) is 11.7. The summed E-state index contributed by atoms with van der Waals surface area (Å²) in [6.07, 6.45) is 2.34. The maximum Gasteiger partial charge on any atom is 0.227 e. The first-order valence-corrected chi connectivity index (χ1v) is 12.7. The molecule has 2 aromatic carbocycles. The smallest absolute Gasteiger partial charge is 0.227 e. The molecule has 6 nitrogen and oxygen atoms in total. The van der Waals surface area contributed by atoms with Crippen LogP contribution in [0, 0.1) is 0 Å². The number of carbonyl (C=O) groups excluding carboxylic acids is 1. The number of nitrogens with one attached hydrogen (secondary N) is 1. The maximum atomic E-state index is 13.0. The fourth-order valence-corrected chi connectivity index (χ4v) is 5.47. The monoisotopic (exact) mass is 459 g/mol. The van der Waals surface area contributed by atoms with Crippen LogP contribution in [0.5, 0.6) is 0 Å². The van der Waals surface area contributed by atoms with Crippen molar-refractivity contribution >= 4 is 29.2 Å². The SMILES string of the molecule is CCN(CC)c1ccc([C@@H]2C3=C(CCCC3=O)Nc3nc(SCc4ccccc4)nn32)cc1. The van der Waals surface area contributed by atoms with Crippen LogP contribution in [0.25, 0.3) is 0 Å². The third kappa shape index (κ3) is 4.29. The molecule has 3 aromatic rings. The van der Waals surface area contributed by atoms with Gasteiger partial charge in [-0.3, -0.25) is 4.79 Å². The number of nitrogens with zero attached hydrogens (tertiary/aromatic N) is 4. The lowest BCUT2D eigenvalue weighted by Gasteiger charge is -2.32. The fraction of sp³-hybridized carbons (Fsp3) is 0.346. The lowest BCUT2D eigenvalue weighted by molar-refractivity contribution is -0.116.